The number of nitrogens with zero attached hydrogens (tertiary/aromatic N) is 4. The van der Waals surface area contributed by atoms with Crippen LogP contribution in [0.5, 0.6) is 0 Å². The molecule has 6 aromatic heterocycles. The molecule has 0 unspecified atom stereocenters. The summed E-state index contributed by atoms with van der Waals surface area (Å²) in [5.74, 6) is 1.05. The van der Waals surface area contributed by atoms with E-state index >= 15 is 0 Å². The Morgan fingerprint density at radius 2 is 0.427 bits per heavy atom. The first-order valence-corrected chi connectivity index (χ1v) is 41.9. The van der Waals surface area contributed by atoms with Gasteiger partial charge in [0, 0.05) is 87.6 Å². The van der Waals surface area contributed by atoms with Gasteiger partial charge >= 0.3 is 0 Å². The molecule has 578 valence electrons. The lowest BCUT2D eigenvalue weighted by Crippen LogP contribution is -2.01. The van der Waals surface area contributed by atoms with Crippen molar-refractivity contribution < 1.29 is 17.7 Å². The first-order valence-electron chi connectivity index (χ1n) is 41.9. The Hall–Kier alpha value is -16.7. The van der Waals surface area contributed by atoms with E-state index < -0.39 is 0 Å². The molecule has 8 heteroatoms. The lowest BCUT2D eigenvalue weighted by Gasteiger charge is -2.21. The first kappa shape index (κ1) is 71.4. The van der Waals surface area contributed by atoms with Gasteiger partial charge in [0.05, 0.1) is 22.8 Å². The van der Waals surface area contributed by atoms with Crippen LogP contribution >= 0.6 is 0 Å². The van der Waals surface area contributed by atoms with Crippen LogP contribution in [0.4, 0.5) is 0 Å². The minimum atomic E-state index is 0.520. The molecule has 0 saturated heterocycles. The van der Waals surface area contributed by atoms with Crippen molar-refractivity contribution in [3.63, 3.8) is 0 Å². The third-order valence-corrected chi connectivity index (χ3v) is 24.4. The SMILES string of the molecule is c1ccc(-c2cccc(-c3c(-c4ccccc4)cc(-c4ccccc4)cc3-c3nc(-c4cccc5c4oc4ccccc45)cc(-c4cccc5c4oc4ccc(-c6cc(-c7cc(-c8cccc9c8oc8ccccc89)nc(-c8cc(-c9ccccc9)cc(-c9ccccc9)c8-c8ccccc8-c8ccccc8)n7)c7oc8ccccc8c7c6)cc45)n3)c2)cc1. The van der Waals surface area contributed by atoms with E-state index in [4.69, 9.17) is 37.6 Å². The second kappa shape index (κ2) is 29.7. The maximum atomic E-state index is 7.33. The van der Waals surface area contributed by atoms with Crippen LogP contribution in [0, 0.1) is 0 Å². The minimum absolute atomic E-state index is 0.520. The summed E-state index contributed by atoms with van der Waals surface area (Å²) >= 11 is 0. The maximum absolute atomic E-state index is 7.33. The van der Waals surface area contributed by atoms with Crippen LogP contribution in [-0.2, 0) is 0 Å². The molecule has 0 aliphatic rings. The Bertz CT molecular complexity index is 8340. The summed E-state index contributed by atoms with van der Waals surface area (Å²) in [6.07, 6.45) is 0. The molecule has 0 aliphatic carbocycles. The lowest BCUT2D eigenvalue weighted by molar-refractivity contribution is 0.669. The van der Waals surface area contributed by atoms with E-state index in [1.54, 1.807) is 0 Å². The summed E-state index contributed by atoms with van der Waals surface area (Å²) in [4.78, 5) is 23.5. The van der Waals surface area contributed by atoms with Crippen molar-refractivity contribution in [2.45, 2.75) is 0 Å². The predicted octanol–water partition coefficient (Wildman–Crippen LogP) is 31.9. The number of fused-ring (bicyclic) bond motifs is 12. The topological polar surface area (TPSA) is 104 Å². The zero-order chi connectivity index (χ0) is 81.7. The Labute approximate surface area is 713 Å². The summed E-state index contributed by atoms with van der Waals surface area (Å²) in [6.45, 7) is 0. The molecular formula is C116H70N4O4. The van der Waals surface area contributed by atoms with E-state index in [2.05, 4.69) is 388 Å². The van der Waals surface area contributed by atoms with E-state index in [1.165, 1.54) is 0 Å². The molecule has 0 saturated carbocycles. The Balaban J connectivity index is 0.729. The van der Waals surface area contributed by atoms with Crippen LogP contribution in [0.3, 0.4) is 0 Å². The van der Waals surface area contributed by atoms with Gasteiger partial charge in [0.15, 0.2) is 11.6 Å². The van der Waals surface area contributed by atoms with Crippen molar-refractivity contribution in [2.24, 2.45) is 0 Å². The number of hydrogen-bond donors (Lipinski definition) is 0. The quantitative estimate of drug-likeness (QED) is 0.1000. The molecule has 0 radical (unpaired) electrons. The molecular weight excluding hydrogens is 1510 g/mol. The average Bonchev–Trinajstić information content (AvgIpc) is 1.39. The van der Waals surface area contributed by atoms with Gasteiger partial charge in [-0.3, -0.25) is 0 Å². The first-order chi connectivity index (χ1) is 61.4. The molecule has 0 fully saturated rings. The molecule has 0 spiro atoms. The van der Waals surface area contributed by atoms with Gasteiger partial charge in [-0.2, -0.15) is 0 Å². The van der Waals surface area contributed by atoms with Gasteiger partial charge in [-0.25, -0.2) is 19.9 Å². The van der Waals surface area contributed by atoms with Crippen LogP contribution in [0.2, 0.25) is 0 Å². The standard InChI is InChI=1S/C116H70N4O4/c1-7-31-71(32-8-1)77-43-27-44-79(61-77)109-94(75-39-15-5-16-40-75)63-80(72-33-9-2-10-34-72)67-99(109)115-117-101(91-53-28-50-88-84-46-21-24-56-105(84)121-111(88)91)69-102(118-115)93-55-30-52-90-96-62-78(59-60-108(96)124-113(90)93)82-65-97-86-48-23-26-58-107(86)123-114(97)98(66-82)104-70-103(92-54-29-51-89-85-47-22-25-57-106(85)122-112(89)92)119-116(120-104)100-68-81(73-35-11-3-12-36-73)64-95(76-41-17-6-18-42-76)110(100)87-49-20-19-45-83(87)74-37-13-4-14-38-74/h1-70H. The fraction of sp³-hybridized carbons (Fsp3) is 0. The Morgan fingerprint density at radius 1 is 0.137 bits per heavy atom. The number of benzene rings is 18. The smallest absolute Gasteiger partial charge is 0.161 e. The van der Waals surface area contributed by atoms with Gasteiger partial charge in [0.25, 0.3) is 0 Å². The highest BCUT2D eigenvalue weighted by Crippen LogP contribution is 2.52. The molecule has 8 nitrogen and oxygen atoms in total. The van der Waals surface area contributed by atoms with Crippen molar-refractivity contribution >= 4 is 87.8 Å². The summed E-state index contributed by atoms with van der Waals surface area (Å²) in [5.41, 5.74) is 32.2. The van der Waals surface area contributed by atoms with Crippen LogP contribution in [0.1, 0.15) is 0 Å². The summed E-state index contributed by atoms with van der Waals surface area (Å²) in [5, 5.41) is 7.79. The molecule has 6 heterocycles. The molecule has 0 bridgehead atoms. The van der Waals surface area contributed by atoms with Crippen LogP contribution < -0.4 is 0 Å². The second-order valence-corrected chi connectivity index (χ2v) is 31.7. The van der Waals surface area contributed by atoms with E-state index in [9.17, 15) is 0 Å². The van der Waals surface area contributed by atoms with Crippen molar-refractivity contribution in [3.05, 3.63) is 425 Å². The van der Waals surface area contributed by atoms with E-state index in [0.29, 0.717) is 51.2 Å². The summed E-state index contributed by atoms with van der Waals surface area (Å²) in [7, 11) is 0. The molecule has 24 aromatic rings. The van der Waals surface area contributed by atoms with Crippen molar-refractivity contribution in [3.8, 4) is 168 Å². The molecule has 0 aliphatic heterocycles. The number of furan rings is 4. The summed E-state index contributed by atoms with van der Waals surface area (Å²) < 4.78 is 28.4. The number of hydrogen-bond acceptors (Lipinski definition) is 8. The molecule has 24 rings (SSSR count). The summed E-state index contributed by atoms with van der Waals surface area (Å²) in [6, 6.07) is 150. The van der Waals surface area contributed by atoms with E-state index in [0.717, 1.165) is 205 Å². The van der Waals surface area contributed by atoms with Gasteiger partial charge in [-0.05, 0) is 192 Å². The van der Waals surface area contributed by atoms with Gasteiger partial charge in [-0.15, -0.1) is 0 Å². The molecule has 124 heavy (non-hydrogen) atoms. The zero-order valence-electron chi connectivity index (χ0n) is 66.8. The zero-order valence-corrected chi connectivity index (χ0v) is 66.8. The van der Waals surface area contributed by atoms with E-state index in [1.807, 2.05) is 36.4 Å². The minimum Gasteiger partial charge on any atom is -0.455 e. The molecule has 0 amide bonds. The Morgan fingerprint density at radius 3 is 0.911 bits per heavy atom. The molecule has 0 N–H and O–H groups in total. The Kier molecular flexibility index (Phi) is 17.1. The van der Waals surface area contributed by atoms with Crippen molar-refractivity contribution in [1.29, 1.82) is 0 Å². The second-order valence-electron chi connectivity index (χ2n) is 31.7. The van der Waals surface area contributed by atoms with Crippen molar-refractivity contribution in [2.75, 3.05) is 0 Å². The van der Waals surface area contributed by atoms with Gasteiger partial charge in [0.1, 0.15) is 44.7 Å². The largest absolute Gasteiger partial charge is 0.455 e. The number of para-hydroxylation sites is 6. The van der Waals surface area contributed by atoms with Crippen LogP contribution in [0.25, 0.3) is 256 Å². The fourth-order valence-electron chi connectivity index (χ4n) is 18.5. The molecule has 18 aromatic carbocycles. The third kappa shape index (κ3) is 12.4. The predicted molar refractivity (Wildman–Crippen MR) is 508 cm³/mol. The van der Waals surface area contributed by atoms with Crippen LogP contribution in [0.15, 0.2) is 442 Å². The van der Waals surface area contributed by atoms with E-state index in [-0.39, 0.29) is 0 Å². The van der Waals surface area contributed by atoms with Gasteiger partial charge in [0.2, 0.25) is 0 Å². The lowest BCUT2D eigenvalue weighted by atomic mass is 9.84. The fourth-order valence-corrected chi connectivity index (χ4v) is 18.5. The average molecular weight is 1580 g/mol. The molecule has 0 atom stereocenters. The van der Waals surface area contributed by atoms with Gasteiger partial charge in [-0.1, -0.05) is 322 Å². The third-order valence-electron chi connectivity index (χ3n) is 24.4. The van der Waals surface area contributed by atoms with Crippen LogP contribution in [-0.4, -0.2) is 19.9 Å². The number of rotatable bonds is 15. The van der Waals surface area contributed by atoms with Gasteiger partial charge < -0.3 is 17.7 Å². The van der Waals surface area contributed by atoms with Crippen molar-refractivity contribution in [1.82, 2.24) is 19.9 Å². The normalized spacial score (nSPS) is 11.7. The number of aromatic nitrogens is 4. The highest BCUT2D eigenvalue weighted by molar-refractivity contribution is 6.16. The highest BCUT2D eigenvalue weighted by atomic mass is 16.3. The monoisotopic (exact) mass is 1580 g/mol. The highest BCUT2D eigenvalue weighted by Gasteiger charge is 2.29. The maximum Gasteiger partial charge on any atom is 0.161 e.